The summed E-state index contributed by atoms with van der Waals surface area (Å²) in [6.45, 7) is 2.68. The highest BCUT2D eigenvalue weighted by Crippen LogP contribution is 2.31. The number of nitrogens with zero attached hydrogens (tertiary/aromatic N) is 2. The van der Waals surface area contributed by atoms with E-state index in [0.29, 0.717) is 0 Å². The molecule has 1 amide bonds. The van der Waals surface area contributed by atoms with Gasteiger partial charge in [0.05, 0.1) is 6.07 Å². The van der Waals surface area contributed by atoms with Gasteiger partial charge in [-0.25, -0.2) is 0 Å². The summed E-state index contributed by atoms with van der Waals surface area (Å²) >= 11 is 0. The van der Waals surface area contributed by atoms with Crippen LogP contribution >= 0.6 is 0 Å². The third kappa shape index (κ3) is 1.84. The number of benzene rings is 1. The number of hydrogen-bond acceptors (Lipinski definition) is 3. The zero-order valence-electron chi connectivity index (χ0n) is 10.0. The van der Waals surface area contributed by atoms with Crippen LogP contribution in [0.2, 0.25) is 0 Å². The molecule has 1 heterocycles. The van der Waals surface area contributed by atoms with Crippen molar-refractivity contribution in [2.45, 2.75) is 19.4 Å². The lowest BCUT2D eigenvalue weighted by Crippen LogP contribution is -2.29. The fraction of sp³-hybridized carbons (Fsp3) is 0.385. The van der Waals surface area contributed by atoms with Crippen LogP contribution in [0.25, 0.3) is 0 Å². The first-order chi connectivity index (χ1) is 8.19. The fourth-order valence-electron chi connectivity index (χ4n) is 2.28. The van der Waals surface area contributed by atoms with Gasteiger partial charge in [0.1, 0.15) is 6.04 Å². The maximum absolute atomic E-state index is 11.7. The first-order valence-electron chi connectivity index (χ1n) is 5.69. The molecular formula is C13H15N3O. The Morgan fingerprint density at radius 1 is 1.59 bits per heavy atom. The van der Waals surface area contributed by atoms with Crippen molar-refractivity contribution in [3.8, 4) is 6.07 Å². The molecule has 1 atom stereocenters. The second-order valence-corrected chi connectivity index (χ2v) is 4.13. The summed E-state index contributed by atoms with van der Waals surface area (Å²) in [7, 11) is 1.63. The van der Waals surface area contributed by atoms with Gasteiger partial charge in [0.15, 0.2) is 0 Å². The van der Waals surface area contributed by atoms with Gasteiger partial charge in [-0.1, -0.05) is 6.07 Å². The van der Waals surface area contributed by atoms with Crippen molar-refractivity contribution < 1.29 is 4.79 Å². The van der Waals surface area contributed by atoms with E-state index in [1.807, 2.05) is 30.0 Å². The van der Waals surface area contributed by atoms with Gasteiger partial charge in [0.25, 0.3) is 5.91 Å². The normalized spacial score (nSPS) is 15.0. The second kappa shape index (κ2) is 4.46. The van der Waals surface area contributed by atoms with E-state index in [1.165, 1.54) is 0 Å². The van der Waals surface area contributed by atoms with Gasteiger partial charge in [0.2, 0.25) is 0 Å². The van der Waals surface area contributed by atoms with E-state index in [1.54, 1.807) is 7.05 Å². The topological polar surface area (TPSA) is 56.1 Å². The molecule has 1 N–H and O–H groups in total. The van der Waals surface area contributed by atoms with E-state index < -0.39 is 0 Å². The average Bonchev–Trinajstić information content (AvgIpc) is 2.80. The smallest absolute Gasteiger partial charge is 0.251 e. The highest BCUT2D eigenvalue weighted by molar-refractivity contribution is 5.97. The molecule has 0 aromatic heterocycles. The molecule has 4 heteroatoms. The maximum Gasteiger partial charge on any atom is 0.251 e. The number of nitriles is 1. The maximum atomic E-state index is 11.7. The Balaban J connectivity index is 2.43. The van der Waals surface area contributed by atoms with Crippen molar-refractivity contribution in [1.29, 1.82) is 5.26 Å². The van der Waals surface area contributed by atoms with Crippen molar-refractivity contribution in [1.82, 2.24) is 5.32 Å². The Morgan fingerprint density at radius 2 is 2.35 bits per heavy atom. The molecule has 0 bridgehead atoms. The van der Waals surface area contributed by atoms with E-state index in [9.17, 15) is 4.79 Å². The highest BCUT2D eigenvalue weighted by Gasteiger charge is 2.26. The van der Waals surface area contributed by atoms with Crippen LogP contribution in [0.3, 0.4) is 0 Å². The molecule has 0 fully saturated rings. The predicted octanol–water partition coefficient (Wildman–Crippen LogP) is 1.32. The minimum absolute atomic E-state index is 0.0617. The standard InChI is InChI=1S/C13H15N3O/c1-9(8-14)16-7-6-10-11(13(17)15-2)4-3-5-12(10)16/h3-5,9H,6-7H2,1-2H3,(H,15,17). The third-order valence-corrected chi connectivity index (χ3v) is 3.19. The highest BCUT2D eigenvalue weighted by atomic mass is 16.1. The van der Waals surface area contributed by atoms with E-state index in [2.05, 4.69) is 11.4 Å². The van der Waals surface area contributed by atoms with Gasteiger partial charge in [-0.15, -0.1) is 0 Å². The SMILES string of the molecule is CNC(=O)c1cccc2c1CCN2C(C)C#N. The number of anilines is 1. The van der Waals surface area contributed by atoms with Crippen LogP contribution in [-0.2, 0) is 6.42 Å². The molecule has 0 aliphatic carbocycles. The molecule has 0 radical (unpaired) electrons. The van der Waals surface area contributed by atoms with Crippen LogP contribution in [0.4, 0.5) is 5.69 Å². The number of hydrogen-bond donors (Lipinski definition) is 1. The zero-order valence-corrected chi connectivity index (χ0v) is 10.0. The molecule has 1 aromatic carbocycles. The molecule has 88 valence electrons. The van der Waals surface area contributed by atoms with Crippen molar-refractivity contribution in [2.75, 3.05) is 18.5 Å². The number of fused-ring (bicyclic) bond motifs is 1. The van der Waals surface area contributed by atoms with Crippen molar-refractivity contribution in [2.24, 2.45) is 0 Å². The van der Waals surface area contributed by atoms with Crippen LogP contribution in [0, 0.1) is 11.3 Å². The fourth-order valence-corrected chi connectivity index (χ4v) is 2.28. The minimum Gasteiger partial charge on any atom is -0.355 e. The van der Waals surface area contributed by atoms with Gasteiger partial charge in [-0.05, 0) is 31.0 Å². The van der Waals surface area contributed by atoms with E-state index >= 15 is 0 Å². The van der Waals surface area contributed by atoms with Crippen LogP contribution in [0.5, 0.6) is 0 Å². The van der Waals surface area contributed by atoms with Crippen molar-refractivity contribution >= 4 is 11.6 Å². The number of nitrogens with one attached hydrogen (secondary N) is 1. The minimum atomic E-state index is -0.156. The zero-order chi connectivity index (χ0) is 12.4. The predicted molar refractivity (Wildman–Crippen MR) is 66.0 cm³/mol. The summed E-state index contributed by atoms with van der Waals surface area (Å²) in [6, 6.07) is 7.75. The van der Waals surface area contributed by atoms with Gasteiger partial charge in [-0.2, -0.15) is 5.26 Å². The third-order valence-electron chi connectivity index (χ3n) is 3.19. The Hall–Kier alpha value is -2.02. The largest absolute Gasteiger partial charge is 0.355 e. The molecule has 17 heavy (non-hydrogen) atoms. The monoisotopic (exact) mass is 229 g/mol. The summed E-state index contributed by atoms with van der Waals surface area (Å²) in [5.74, 6) is -0.0617. The van der Waals surface area contributed by atoms with Crippen LogP contribution < -0.4 is 10.2 Å². The molecule has 0 saturated heterocycles. The number of carbonyl (C=O) groups excluding carboxylic acids is 1. The quantitative estimate of drug-likeness (QED) is 0.832. The summed E-state index contributed by atoms with van der Waals surface area (Å²) < 4.78 is 0. The molecule has 1 unspecified atom stereocenters. The first kappa shape index (κ1) is 11.5. The number of rotatable bonds is 2. The van der Waals surface area contributed by atoms with Crippen molar-refractivity contribution in [3.05, 3.63) is 29.3 Å². The van der Waals surface area contributed by atoms with Crippen LogP contribution in [-0.4, -0.2) is 25.5 Å². The number of amides is 1. The average molecular weight is 229 g/mol. The van der Waals surface area contributed by atoms with E-state index in [0.717, 1.165) is 29.8 Å². The number of carbonyl (C=O) groups is 1. The molecule has 0 saturated carbocycles. The van der Waals surface area contributed by atoms with E-state index in [4.69, 9.17) is 5.26 Å². The van der Waals surface area contributed by atoms with E-state index in [-0.39, 0.29) is 11.9 Å². The Kier molecular flexibility index (Phi) is 3.01. The molecule has 0 spiro atoms. The molecule has 1 aliphatic heterocycles. The Morgan fingerprint density at radius 3 is 3.00 bits per heavy atom. The van der Waals surface area contributed by atoms with Gasteiger partial charge in [-0.3, -0.25) is 4.79 Å². The molecule has 1 aromatic rings. The van der Waals surface area contributed by atoms with Crippen LogP contribution in [0.1, 0.15) is 22.8 Å². The summed E-state index contributed by atoms with van der Waals surface area (Å²) in [6.07, 6.45) is 0.824. The Labute approximate surface area is 101 Å². The molecule has 2 rings (SSSR count). The Bertz CT molecular complexity index is 490. The lowest BCUT2D eigenvalue weighted by Gasteiger charge is -2.21. The lowest BCUT2D eigenvalue weighted by atomic mass is 10.0. The molecular weight excluding hydrogens is 214 g/mol. The first-order valence-corrected chi connectivity index (χ1v) is 5.69. The van der Waals surface area contributed by atoms with Crippen molar-refractivity contribution in [3.63, 3.8) is 0 Å². The summed E-state index contributed by atoms with van der Waals surface area (Å²) in [5.41, 5.74) is 2.78. The van der Waals surface area contributed by atoms with Gasteiger partial charge >= 0.3 is 0 Å². The molecule has 4 nitrogen and oxygen atoms in total. The summed E-state index contributed by atoms with van der Waals surface area (Å²) in [5, 5.41) is 11.6. The van der Waals surface area contributed by atoms with Gasteiger partial charge < -0.3 is 10.2 Å². The molecule has 1 aliphatic rings. The summed E-state index contributed by atoms with van der Waals surface area (Å²) in [4.78, 5) is 13.8. The van der Waals surface area contributed by atoms with Crippen LogP contribution in [0.15, 0.2) is 18.2 Å². The lowest BCUT2D eigenvalue weighted by molar-refractivity contribution is 0.0962. The van der Waals surface area contributed by atoms with Gasteiger partial charge in [0, 0.05) is 24.8 Å². The second-order valence-electron chi connectivity index (χ2n) is 4.13.